The van der Waals surface area contributed by atoms with E-state index in [-0.39, 0.29) is 30.6 Å². The van der Waals surface area contributed by atoms with Crippen molar-refractivity contribution in [2.45, 2.75) is 38.5 Å². The van der Waals surface area contributed by atoms with E-state index in [1.807, 2.05) is 43.3 Å². The lowest BCUT2D eigenvalue weighted by molar-refractivity contribution is -0.145. The summed E-state index contributed by atoms with van der Waals surface area (Å²) in [4.78, 5) is 43.3. The van der Waals surface area contributed by atoms with E-state index in [2.05, 4.69) is 10.6 Å². The quantitative estimate of drug-likeness (QED) is 0.432. The van der Waals surface area contributed by atoms with Crippen LogP contribution in [0.25, 0.3) is 10.9 Å². The molecule has 8 nitrogen and oxygen atoms in total. The molecule has 3 rings (SSSR count). The Morgan fingerprint density at radius 2 is 1.78 bits per heavy atom. The minimum Gasteiger partial charge on any atom is -0.464 e. The van der Waals surface area contributed by atoms with Gasteiger partial charge in [-0.2, -0.15) is 0 Å². The number of likely N-dealkylation sites (N-methyl/N-ethyl adjacent to an activating group) is 1. The maximum atomic E-state index is 13.0. The van der Waals surface area contributed by atoms with Crippen LogP contribution in [-0.4, -0.2) is 68.0 Å². The van der Waals surface area contributed by atoms with Gasteiger partial charge >= 0.3 is 5.97 Å². The summed E-state index contributed by atoms with van der Waals surface area (Å²) in [6.07, 6.45) is 4.01. The number of nitrogens with zero attached hydrogens (tertiary/aromatic N) is 2. The van der Waals surface area contributed by atoms with E-state index < -0.39 is 0 Å². The van der Waals surface area contributed by atoms with E-state index in [1.54, 1.807) is 0 Å². The molecule has 8 heteroatoms. The maximum absolute atomic E-state index is 13.0. The van der Waals surface area contributed by atoms with Gasteiger partial charge in [0.05, 0.1) is 17.5 Å². The van der Waals surface area contributed by atoms with Gasteiger partial charge in [-0.1, -0.05) is 18.2 Å². The molecule has 1 aromatic carbocycles. The number of pyridine rings is 1. The first-order valence-corrected chi connectivity index (χ1v) is 11.2. The van der Waals surface area contributed by atoms with Crippen LogP contribution in [0, 0.1) is 0 Å². The molecule has 0 saturated heterocycles. The summed E-state index contributed by atoms with van der Waals surface area (Å²) in [7, 11) is 3.79. The van der Waals surface area contributed by atoms with Crippen molar-refractivity contribution in [3.63, 3.8) is 0 Å². The van der Waals surface area contributed by atoms with Crippen LogP contribution in [-0.2, 0) is 27.2 Å². The van der Waals surface area contributed by atoms with E-state index in [1.165, 1.54) is 0 Å². The third-order valence-electron chi connectivity index (χ3n) is 5.49. The number of esters is 1. The van der Waals surface area contributed by atoms with Gasteiger partial charge in [0.2, 0.25) is 5.91 Å². The first-order valence-electron chi connectivity index (χ1n) is 11.2. The number of carbonyl (C=O) groups excluding carboxylic acids is 3. The SMILES string of the molecule is CN(C)CCOC(=O)CCC(=O)NCCNC(=O)c1c2c(nc3ccccc13)CCCC2. The summed E-state index contributed by atoms with van der Waals surface area (Å²) >= 11 is 0. The van der Waals surface area contributed by atoms with Gasteiger partial charge in [-0.3, -0.25) is 19.4 Å². The van der Waals surface area contributed by atoms with Crippen LogP contribution in [0.5, 0.6) is 0 Å². The predicted molar refractivity (Wildman–Crippen MR) is 122 cm³/mol. The van der Waals surface area contributed by atoms with Crippen LogP contribution < -0.4 is 10.6 Å². The van der Waals surface area contributed by atoms with Crippen LogP contribution in [0.1, 0.15) is 47.3 Å². The molecule has 1 aliphatic rings. The van der Waals surface area contributed by atoms with E-state index in [0.29, 0.717) is 31.8 Å². The second-order valence-corrected chi connectivity index (χ2v) is 8.27. The molecule has 0 spiro atoms. The lowest BCUT2D eigenvalue weighted by Gasteiger charge is -2.20. The molecule has 0 saturated carbocycles. The summed E-state index contributed by atoms with van der Waals surface area (Å²) in [6, 6.07) is 7.72. The number of hydrogen-bond acceptors (Lipinski definition) is 6. The molecule has 0 fully saturated rings. The Morgan fingerprint density at radius 1 is 1.03 bits per heavy atom. The van der Waals surface area contributed by atoms with Crippen molar-refractivity contribution in [2.75, 3.05) is 40.3 Å². The fraction of sp³-hybridized carbons (Fsp3) is 0.500. The molecular formula is C24H32N4O4. The van der Waals surface area contributed by atoms with Gasteiger partial charge in [-0.15, -0.1) is 0 Å². The van der Waals surface area contributed by atoms with E-state index in [0.717, 1.165) is 47.8 Å². The third-order valence-corrected chi connectivity index (χ3v) is 5.49. The second-order valence-electron chi connectivity index (χ2n) is 8.27. The van der Waals surface area contributed by atoms with Crippen LogP contribution >= 0.6 is 0 Å². The van der Waals surface area contributed by atoms with Crippen molar-refractivity contribution in [3.05, 3.63) is 41.1 Å². The maximum Gasteiger partial charge on any atom is 0.306 e. The molecule has 2 amide bonds. The van der Waals surface area contributed by atoms with Gasteiger partial charge in [-0.05, 0) is 51.4 Å². The molecule has 0 unspecified atom stereocenters. The number of benzene rings is 1. The van der Waals surface area contributed by atoms with Crippen molar-refractivity contribution >= 4 is 28.7 Å². The zero-order valence-electron chi connectivity index (χ0n) is 18.9. The average molecular weight is 441 g/mol. The van der Waals surface area contributed by atoms with Crippen LogP contribution in [0.15, 0.2) is 24.3 Å². The van der Waals surface area contributed by atoms with E-state index in [4.69, 9.17) is 9.72 Å². The summed E-state index contributed by atoms with van der Waals surface area (Å²) in [5.41, 5.74) is 3.61. The highest BCUT2D eigenvalue weighted by Gasteiger charge is 2.22. The minimum absolute atomic E-state index is 0.0424. The number of nitrogens with one attached hydrogen (secondary N) is 2. The van der Waals surface area contributed by atoms with Gasteiger partial charge in [0.15, 0.2) is 0 Å². The topological polar surface area (TPSA) is 101 Å². The number of carbonyl (C=O) groups is 3. The Kier molecular flexibility index (Phi) is 8.56. The number of para-hydroxylation sites is 1. The minimum atomic E-state index is -0.385. The van der Waals surface area contributed by atoms with Crippen LogP contribution in [0.2, 0.25) is 0 Å². The molecule has 2 N–H and O–H groups in total. The normalized spacial score (nSPS) is 13.0. The molecule has 1 aromatic heterocycles. The smallest absolute Gasteiger partial charge is 0.306 e. The Morgan fingerprint density at radius 3 is 2.59 bits per heavy atom. The Hall–Kier alpha value is -3.00. The van der Waals surface area contributed by atoms with Crippen LogP contribution in [0.3, 0.4) is 0 Å². The molecule has 1 heterocycles. The molecule has 0 radical (unpaired) electrons. The highest BCUT2D eigenvalue weighted by atomic mass is 16.5. The number of aryl methyl sites for hydroxylation is 1. The largest absolute Gasteiger partial charge is 0.464 e. The van der Waals surface area contributed by atoms with Crippen molar-refractivity contribution in [2.24, 2.45) is 0 Å². The van der Waals surface area contributed by atoms with Crippen molar-refractivity contribution in [3.8, 4) is 0 Å². The highest BCUT2D eigenvalue weighted by Crippen LogP contribution is 2.29. The van der Waals surface area contributed by atoms with Gasteiger partial charge in [0.1, 0.15) is 6.61 Å². The fourth-order valence-corrected chi connectivity index (χ4v) is 3.82. The molecule has 2 aromatic rings. The number of aromatic nitrogens is 1. The number of ether oxygens (including phenoxy) is 1. The fourth-order valence-electron chi connectivity index (χ4n) is 3.82. The van der Waals surface area contributed by atoms with Crippen LogP contribution in [0.4, 0.5) is 0 Å². The number of hydrogen-bond donors (Lipinski definition) is 2. The number of fused-ring (bicyclic) bond motifs is 2. The molecule has 0 atom stereocenters. The van der Waals surface area contributed by atoms with E-state index in [9.17, 15) is 14.4 Å². The van der Waals surface area contributed by atoms with Crippen molar-refractivity contribution in [1.29, 1.82) is 0 Å². The summed E-state index contributed by atoms with van der Waals surface area (Å²) < 4.78 is 5.07. The lowest BCUT2D eigenvalue weighted by Crippen LogP contribution is -2.35. The third kappa shape index (κ3) is 6.50. The molecular weight excluding hydrogens is 408 g/mol. The first-order chi connectivity index (χ1) is 15.5. The van der Waals surface area contributed by atoms with E-state index >= 15 is 0 Å². The van der Waals surface area contributed by atoms with Gasteiger partial charge in [0.25, 0.3) is 5.91 Å². The average Bonchev–Trinajstić information content (AvgIpc) is 2.78. The van der Waals surface area contributed by atoms with Gasteiger partial charge < -0.3 is 20.3 Å². The number of amides is 2. The monoisotopic (exact) mass is 440 g/mol. The lowest BCUT2D eigenvalue weighted by atomic mass is 9.89. The Labute approximate surface area is 188 Å². The molecule has 32 heavy (non-hydrogen) atoms. The summed E-state index contributed by atoms with van der Waals surface area (Å²) in [6.45, 7) is 1.56. The summed E-state index contributed by atoms with van der Waals surface area (Å²) in [5, 5.41) is 6.52. The van der Waals surface area contributed by atoms with Gasteiger partial charge in [0, 0.05) is 37.1 Å². The van der Waals surface area contributed by atoms with Gasteiger partial charge in [-0.25, -0.2) is 0 Å². The molecule has 1 aliphatic carbocycles. The molecule has 172 valence electrons. The zero-order valence-corrected chi connectivity index (χ0v) is 18.9. The number of rotatable bonds is 10. The first kappa shape index (κ1) is 23.7. The highest BCUT2D eigenvalue weighted by molar-refractivity contribution is 6.07. The second kappa shape index (κ2) is 11.6. The zero-order chi connectivity index (χ0) is 22.9. The molecule has 0 bridgehead atoms. The molecule has 0 aliphatic heterocycles. The Balaban J connectivity index is 1.47. The summed E-state index contributed by atoms with van der Waals surface area (Å²) in [5.74, 6) is -0.763. The van der Waals surface area contributed by atoms with Crippen molar-refractivity contribution < 1.29 is 19.1 Å². The predicted octanol–water partition coefficient (Wildman–Crippen LogP) is 1.84. The Bertz CT molecular complexity index is 974. The standard InChI is InChI=1S/C24H32N4O4/c1-28(2)15-16-32-22(30)12-11-21(29)25-13-14-26-24(31)23-17-7-3-5-9-19(17)27-20-10-6-4-8-18(20)23/h3,5,7,9H,4,6,8,10-16H2,1-2H3,(H,25,29)(H,26,31). The van der Waals surface area contributed by atoms with Crippen molar-refractivity contribution in [1.82, 2.24) is 20.5 Å².